The molecular weight excluding hydrogens is 387 g/mol. The van der Waals surface area contributed by atoms with Gasteiger partial charge in [0.1, 0.15) is 11.0 Å². The number of carbonyl (C=O) groups is 1. The quantitative estimate of drug-likeness (QED) is 0.485. The Bertz CT molecular complexity index is 924. The number of sulfonamides is 1. The third kappa shape index (κ3) is 5.04. The van der Waals surface area contributed by atoms with Crippen LogP contribution in [-0.2, 0) is 14.9 Å². The van der Waals surface area contributed by atoms with Crippen LogP contribution in [0.4, 0.5) is 21.5 Å². The fourth-order valence-corrected chi connectivity index (χ4v) is 2.76. The third-order valence-electron chi connectivity index (χ3n) is 3.21. The van der Waals surface area contributed by atoms with Crippen molar-refractivity contribution in [2.45, 2.75) is 6.92 Å². The van der Waals surface area contributed by atoms with Crippen molar-refractivity contribution < 1.29 is 22.4 Å². The summed E-state index contributed by atoms with van der Waals surface area (Å²) in [5.74, 6) is -1.42. The van der Waals surface area contributed by atoms with Crippen molar-refractivity contribution in [2.75, 3.05) is 22.9 Å². The summed E-state index contributed by atoms with van der Waals surface area (Å²) in [5.41, 5.74) is 2.66. The highest BCUT2D eigenvalue weighted by molar-refractivity contribution is 7.92. The minimum atomic E-state index is -3.64. The van der Waals surface area contributed by atoms with Gasteiger partial charge in [-0.3, -0.25) is 14.4 Å². The minimum absolute atomic E-state index is 0.0158. The standard InChI is InChI=1S/C15H16ClFN4O4S/c1-3-26(23,24)21-13-6-9(17)4-5-11(13)19-12-7-14(16)18-8-10(12)15(22)20-25-2/h4-8,21H,3H2,1-2H3,(H,18,19)(H,20,22). The molecule has 8 nitrogen and oxygen atoms in total. The molecule has 0 radical (unpaired) electrons. The summed E-state index contributed by atoms with van der Waals surface area (Å²) >= 11 is 5.87. The molecule has 1 amide bonds. The molecule has 0 saturated heterocycles. The molecule has 26 heavy (non-hydrogen) atoms. The summed E-state index contributed by atoms with van der Waals surface area (Å²) in [5, 5.41) is 2.96. The summed E-state index contributed by atoms with van der Waals surface area (Å²) in [6.07, 6.45) is 1.22. The van der Waals surface area contributed by atoms with Crippen LogP contribution in [0.1, 0.15) is 17.3 Å². The lowest BCUT2D eigenvalue weighted by Gasteiger charge is -2.16. The highest BCUT2D eigenvalue weighted by atomic mass is 35.5. The number of hydrogen-bond donors (Lipinski definition) is 3. The van der Waals surface area contributed by atoms with Crippen LogP contribution < -0.4 is 15.5 Å². The monoisotopic (exact) mass is 402 g/mol. The first kappa shape index (κ1) is 19.9. The first-order valence-electron chi connectivity index (χ1n) is 7.31. The summed E-state index contributed by atoms with van der Waals surface area (Å²) in [4.78, 5) is 20.5. The van der Waals surface area contributed by atoms with Crippen LogP contribution in [0.5, 0.6) is 0 Å². The molecule has 0 bridgehead atoms. The van der Waals surface area contributed by atoms with Crippen molar-refractivity contribution in [2.24, 2.45) is 0 Å². The number of aromatic nitrogens is 1. The Morgan fingerprint density at radius 1 is 1.27 bits per heavy atom. The van der Waals surface area contributed by atoms with Crippen LogP contribution in [-0.4, -0.2) is 32.2 Å². The molecule has 1 heterocycles. The minimum Gasteiger partial charge on any atom is -0.353 e. The second-order valence-electron chi connectivity index (χ2n) is 5.01. The van der Waals surface area contributed by atoms with E-state index in [1.54, 1.807) is 0 Å². The van der Waals surface area contributed by atoms with Crippen molar-refractivity contribution in [3.8, 4) is 0 Å². The molecule has 0 saturated carbocycles. The normalized spacial score (nSPS) is 11.1. The summed E-state index contributed by atoms with van der Waals surface area (Å²) in [6, 6.07) is 4.86. The zero-order chi connectivity index (χ0) is 19.3. The van der Waals surface area contributed by atoms with Gasteiger partial charge in [0.2, 0.25) is 10.0 Å². The first-order chi connectivity index (χ1) is 12.3. The lowest BCUT2D eigenvalue weighted by Crippen LogP contribution is -2.23. The number of hydroxylamine groups is 1. The Labute approximate surface area is 154 Å². The molecule has 0 fully saturated rings. The molecule has 0 aliphatic carbocycles. The van der Waals surface area contributed by atoms with E-state index in [0.717, 1.165) is 12.1 Å². The molecular formula is C15H16ClFN4O4S. The smallest absolute Gasteiger partial charge is 0.278 e. The van der Waals surface area contributed by atoms with Crippen LogP contribution in [0.3, 0.4) is 0 Å². The highest BCUT2D eigenvalue weighted by Gasteiger charge is 2.16. The van der Waals surface area contributed by atoms with Gasteiger partial charge in [0, 0.05) is 12.3 Å². The Kier molecular flexibility index (Phi) is 6.35. The van der Waals surface area contributed by atoms with E-state index in [1.165, 1.54) is 32.4 Å². The fourth-order valence-electron chi connectivity index (χ4n) is 1.96. The Balaban J connectivity index is 2.46. The Morgan fingerprint density at radius 2 is 2.00 bits per heavy atom. The molecule has 1 aromatic heterocycles. The fraction of sp³-hybridized carbons (Fsp3) is 0.200. The number of hydrogen-bond acceptors (Lipinski definition) is 6. The number of nitrogens with zero attached hydrogens (tertiary/aromatic N) is 1. The van der Waals surface area contributed by atoms with E-state index >= 15 is 0 Å². The molecule has 0 aliphatic heterocycles. The molecule has 140 valence electrons. The number of amides is 1. The van der Waals surface area contributed by atoms with Crippen LogP contribution in [0.15, 0.2) is 30.5 Å². The van der Waals surface area contributed by atoms with E-state index in [9.17, 15) is 17.6 Å². The van der Waals surface area contributed by atoms with Crippen molar-refractivity contribution in [1.29, 1.82) is 0 Å². The maximum absolute atomic E-state index is 13.6. The van der Waals surface area contributed by atoms with Gasteiger partial charge < -0.3 is 5.32 Å². The van der Waals surface area contributed by atoms with E-state index in [2.05, 4.69) is 25.3 Å². The zero-order valence-corrected chi connectivity index (χ0v) is 15.4. The van der Waals surface area contributed by atoms with Crippen molar-refractivity contribution >= 4 is 44.6 Å². The Morgan fingerprint density at radius 3 is 2.65 bits per heavy atom. The predicted molar refractivity (Wildman–Crippen MR) is 96.5 cm³/mol. The number of rotatable bonds is 7. The zero-order valence-electron chi connectivity index (χ0n) is 13.8. The lowest BCUT2D eigenvalue weighted by molar-refractivity contribution is 0.0538. The summed E-state index contributed by atoms with van der Waals surface area (Å²) < 4.78 is 39.5. The Hall–Kier alpha value is -2.43. The van der Waals surface area contributed by atoms with Crippen molar-refractivity contribution in [3.63, 3.8) is 0 Å². The van der Waals surface area contributed by atoms with Gasteiger partial charge in [0.05, 0.1) is 35.5 Å². The topological polar surface area (TPSA) is 109 Å². The maximum Gasteiger partial charge on any atom is 0.278 e. The molecule has 3 N–H and O–H groups in total. The second-order valence-corrected chi connectivity index (χ2v) is 7.41. The SMILES string of the molecule is CCS(=O)(=O)Nc1cc(F)ccc1Nc1cc(Cl)ncc1C(=O)NOC. The first-order valence-corrected chi connectivity index (χ1v) is 9.34. The molecule has 1 aromatic carbocycles. The van der Waals surface area contributed by atoms with Crippen LogP contribution in [0.2, 0.25) is 5.15 Å². The number of halogens is 2. The number of anilines is 3. The van der Waals surface area contributed by atoms with E-state index in [1.807, 2.05) is 0 Å². The summed E-state index contributed by atoms with van der Waals surface area (Å²) in [6.45, 7) is 1.45. The van der Waals surface area contributed by atoms with Gasteiger partial charge in [-0.15, -0.1) is 0 Å². The highest BCUT2D eigenvalue weighted by Crippen LogP contribution is 2.30. The van der Waals surface area contributed by atoms with Crippen LogP contribution in [0, 0.1) is 5.82 Å². The molecule has 0 atom stereocenters. The molecule has 2 aromatic rings. The number of pyridine rings is 1. The molecule has 2 rings (SSSR count). The van der Waals surface area contributed by atoms with Gasteiger partial charge in [-0.25, -0.2) is 23.3 Å². The third-order valence-corrected chi connectivity index (χ3v) is 4.70. The number of benzene rings is 1. The van der Waals surface area contributed by atoms with E-state index in [0.29, 0.717) is 0 Å². The van der Waals surface area contributed by atoms with Crippen molar-refractivity contribution in [1.82, 2.24) is 10.5 Å². The van der Waals surface area contributed by atoms with Crippen LogP contribution >= 0.6 is 11.6 Å². The maximum atomic E-state index is 13.6. The van der Waals surface area contributed by atoms with Gasteiger partial charge in [-0.2, -0.15) is 0 Å². The van der Waals surface area contributed by atoms with Gasteiger partial charge in [-0.05, 0) is 25.1 Å². The second kappa shape index (κ2) is 8.30. The molecule has 11 heteroatoms. The largest absolute Gasteiger partial charge is 0.353 e. The molecule has 0 spiro atoms. The van der Waals surface area contributed by atoms with Crippen LogP contribution in [0.25, 0.3) is 0 Å². The van der Waals surface area contributed by atoms with E-state index in [4.69, 9.17) is 11.6 Å². The molecule has 0 aliphatic rings. The van der Waals surface area contributed by atoms with Gasteiger partial charge in [0.25, 0.3) is 5.91 Å². The van der Waals surface area contributed by atoms with E-state index < -0.39 is 21.7 Å². The van der Waals surface area contributed by atoms with Crippen molar-refractivity contribution in [3.05, 3.63) is 47.0 Å². The van der Waals surface area contributed by atoms with Gasteiger partial charge in [-0.1, -0.05) is 11.6 Å². The predicted octanol–water partition coefficient (Wildman–Crippen LogP) is 2.67. The average Bonchev–Trinajstić information content (AvgIpc) is 2.57. The average molecular weight is 403 g/mol. The van der Waals surface area contributed by atoms with Gasteiger partial charge in [0.15, 0.2) is 0 Å². The summed E-state index contributed by atoms with van der Waals surface area (Å²) in [7, 11) is -2.37. The number of carbonyl (C=O) groups excluding carboxylic acids is 1. The molecule has 0 unspecified atom stereocenters. The lowest BCUT2D eigenvalue weighted by atomic mass is 10.2. The number of nitrogens with one attached hydrogen (secondary N) is 3. The van der Waals surface area contributed by atoms with Gasteiger partial charge >= 0.3 is 0 Å². The van der Waals surface area contributed by atoms with E-state index in [-0.39, 0.29) is 33.5 Å².